The first-order chi connectivity index (χ1) is 10.7. The summed E-state index contributed by atoms with van der Waals surface area (Å²) in [5.74, 6) is -0.00976. The van der Waals surface area contributed by atoms with Gasteiger partial charge in [-0.1, -0.05) is 19.1 Å². The molecule has 0 radical (unpaired) electrons. The number of nitrogens with zero attached hydrogens (tertiary/aromatic N) is 3. The first-order valence-corrected chi connectivity index (χ1v) is 7.38. The van der Waals surface area contributed by atoms with Gasteiger partial charge in [0.05, 0.1) is 0 Å². The molecular formula is C16H17F2N3O. The maximum absolute atomic E-state index is 13.2. The highest BCUT2D eigenvalue weighted by molar-refractivity contribution is 6.05. The van der Waals surface area contributed by atoms with Gasteiger partial charge in [0.25, 0.3) is 6.43 Å². The summed E-state index contributed by atoms with van der Waals surface area (Å²) in [4.78, 5) is 10.0. The smallest absolute Gasteiger partial charge is 0.297 e. The fourth-order valence-electron chi connectivity index (χ4n) is 2.59. The van der Waals surface area contributed by atoms with E-state index in [-0.39, 0.29) is 0 Å². The summed E-state index contributed by atoms with van der Waals surface area (Å²) < 4.78 is 32.2. The average molecular weight is 305 g/mol. The van der Waals surface area contributed by atoms with E-state index in [1.54, 1.807) is 6.07 Å². The van der Waals surface area contributed by atoms with Crippen LogP contribution in [0.4, 0.5) is 14.6 Å². The van der Waals surface area contributed by atoms with Gasteiger partial charge in [-0.25, -0.2) is 18.7 Å². The van der Waals surface area contributed by atoms with E-state index in [0.29, 0.717) is 29.0 Å². The van der Waals surface area contributed by atoms with Crippen molar-refractivity contribution in [1.29, 1.82) is 0 Å². The van der Waals surface area contributed by atoms with Crippen LogP contribution in [0.1, 0.15) is 32.5 Å². The van der Waals surface area contributed by atoms with Gasteiger partial charge in [-0.3, -0.25) is 0 Å². The van der Waals surface area contributed by atoms with Gasteiger partial charge >= 0.3 is 0 Å². The lowest BCUT2D eigenvalue weighted by atomic mass is 10.2. The first-order valence-electron chi connectivity index (χ1n) is 7.38. The van der Waals surface area contributed by atoms with Crippen molar-refractivity contribution >= 4 is 27.9 Å². The van der Waals surface area contributed by atoms with Crippen LogP contribution in [0, 0.1) is 0 Å². The molecule has 2 aromatic heterocycles. The van der Waals surface area contributed by atoms with Gasteiger partial charge in [-0.15, -0.1) is 0 Å². The van der Waals surface area contributed by atoms with E-state index in [9.17, 15) is 8.78 Å². The van der Waals surface area contributed by atoms with Crippen LogP contribution in [0.2, 0.25) is 0 Å². The second-order valence-electron chi connectivity index (χ2n) is 5.06. The molecule has 0 aliphatic rings. The third kappa shape index (κ3) is 2.38. The number of fused-ring (bicyclic) bond motifs is 3. The number of hydrogen-bond donors (Lipinski definition) is 0. The zero-order valence-corrected chi connectivity index (χ0v) is 12.5. The third-order valence-corrected chi connectivity index (χ3v) is 3.59. The molecule has 0 atom stereocenters. The Labute approximate surface area is 126 Å². The van der Waals surface area contributed by atoms with Crippen LogP contribution in [0.25, 0.3) is 22.1 Å². The monoisotopic (exact) mass is 305 g/mol. The highest BCUT2D eigenvalue weighted by Gasteiger charge is 2.22. The molecule has 0 spiro atoms. The molecule has 0 aliphatic heterocycles. The van der Waals surface area contributed by atoms with Crippen molar-refractivity contribution in [1.82, 2.24) is 9.97 Å². The Morgan fingerprint density at radius 1 is 1.18 bits per heavy atom. The third-order valence-electron chi connectivity index (χ3n) is 3.59. The van der Waals surface area contributed by atoms with E-state index < -0.39 is 12.2 Å². The van der Waals surface area contributed by atoms with Crippen molar-refractivity contribution in [3.8, 4) is 0 Å². The highest BCUT2D eigenvalue weighted by atomic mass is 19.3. The molecule has 0 saturated carbocycles. The maximum atomic E-state index is 13.2. The minimum absolute atomic E-state index is 0.445. The Kier molecular flexibility index (Phi) is 3.92. The standard InChI is InChI=1S/C16H17F2N3O/c1-3-9-21(4-2)16-13-12(19-15(20-16)14(17)18)10-7-5-6-8-11(10)22-13/h5-8,14H,3-4,9H2,1-2H3. The lowest BCUT2D eigenvalue weighted by molar-refractivity contribution is 0.141. The average Bonchev–Trinajstić information content (AvgIpc) is 2.90. The summed E-state index contributed by atoms with van der Waals surface area (Å²) in [6, 6.07) is 7.31. The van der Waals surface area contributed by atoms with Crippen LogP contribution in [-0.4, -0.2) is 23.1 Å². The molecule has 0 N–H and O–H groups in total. The van der Waals surface area contributed by atoms with E-state index in [2.05, 4.69) is 9.97 Å². The number of hydrogen-bond acceptors (Lipinski definition) is 4. The van der Waals surface area contributed by atoms with Crippen LogP contribution in [0.15, 0.2) is 28.7 Å². The van der Waals surface area contributed by atoms with Gasteiger partial charge < -0.3 is 9.32 Å². The van der Waals surface area contributed by atoms with Crippen molar-refractivity contribution in [2.75, 3.05) is 18.0 Å². The number of furan rings is 1. The maximum Gasteiger partial charge on any atom is 0.297 e. The minimum atomic E-state index is -2.71. The number of anilines is 1. The van der Waals surface area contributed by atoms with Crippen LogP contribution in [0.3, 0.4) is 0 Å². The summed E-state index contributed by atoms with van der Waals surface area (Å²) in [5, 5.41) is 0.732. The van der Waals surface area contributed by atoms with E-state index in [1.807, 2.05) is 36.9 Å². The number of para-hydroxylation sites is 1. The van der Waals surface area contributed by atoms with Gasteiger partial charge in [0, 0.05) is 18.5 Å². The quantitative estimate of drug-likeness (QED) is 0.693. The number of benzene rings is 1. The number of alkyl halides is 2. The Morgan fingerprint density at radius 3 is 2.64 bits per heavy atom. The van der Waals surface area contributed by atoms with Gasteiger partial charge in [0.1, 0.15) is 11.1 Å². The predicted molar refractivity (Wildman–Crippen MR) is 82.4 cm³/mol. The lowest BCUT2D eigenvalue weighted by Gasteiger charge is -2.21. The zero-order valence-electron chi connectivity index (χ0n) is 12.5. The SMILES string of the molecule is CCCN(CC)c1nc(C(F)F)nc2c1oc1ccccc12. The zero-order chi connectivity index (χ0) is 15.7. The van der Waals surface area contributed by atoms with Crippen molar-refractivity contribution in [2.45, 2.75) is 26.7 Å². The van der Waals surface area contributed by atoms with Crippen LogP contribution >= 0.6 is 0 Å². The van der Waals surface area contributed by atoms with Gasteiger partial charge in [0.2, 0.25) is 0 Å². The van der Waals surface area contributed by atoms with Gasteiger partial charge in [-0.2, -0.15) is 0 Å². The molecule has 0 aliphatic carbocycles. The van der Waals surface area contributed by atoms with Crippen molar-refractivity contribution < 1.29 is 13.2 Å². The van der Waals surface area contributed by atoms with Crippen molar-refractivity contribution in [3.63, 3.8) is 0 Å². The Bertz CT molecular complexity index is 801. The molecule has 3 rings (SSSR count). The molecule has 1 aromatic carbocycles. The summed E-state index contributed by atoms with van der Waals surface area (Å²) >= 11 is 0. The van der Waals surface area contributed by atoms with E-state index >= 15 is 0 Å². The molecule has 3 aromatic rings. The van der Waals surface area contributed by atoms with E-state index in [1.165, 1.54) is 0 Å². The number of aromatic nitrogens is 2. The van der Waals surface area contributed by atoms with Gasteiger partial charge in [-0.05, 0) is 25.5 Å². The van der Waals surface area contributed by atoms with Crippen LogP contribution in [0.5, 0.6) is 0 Å². The van der Waals surface area contributed by atoms with Gasteiger partial charge in [0.15, 0.2) is 17.2 Å². The van der Waals surface area contributed by atoms with Crippen molar-refractivity contribution in [3.05, 3.63) is 30.1 Å². The first kappa shape index (κ1) is 14.7. The molecule has 0 saturated heterocycles. The van der Waals surface area contributed by atoms with E-state index in [0.717, 1.165) is 18.4 Å². The summed E-state index contributed by atoms with van der Waals surface area (Å²) in [6.07, 6.45) is -1.82. The highest BCUT2D eigenvalue weighted by Crippen LogP contribution is 2.34. The topological polar surface area (TPSA) is 42.2 Å². The Morgan fingerprint density at radius 2 is 1.95 bits per heavy atom. The molecule has 6 heteroatoms. The molecule has 0 unspecified atom stereocenters. The molecule has 0 amide bonds. The molecular weight excluding hydrogens is 288 g/mol. The van der Waals surface area contributed by atoms with Crippen LogP contribution < -0.4 is 4.90 Å². The minimum Gasteiger partial charge on any atom is -0.450 e. The largest absolute Gasteiger partial charge is 0.450 e. The molecule has 22 heavy (non-hydrogen) atoms. The van der Waals surface area contributed by atoms with Crippen LogP contribution in [-0.2, 0) is 0 Å². The molecule has 2 heterocycles. The van der Waals surface area contributed by atoms with E-state index in [4.69, 9.17) is 4.42 Å². The fourth-order valence-corrected chi connectivity index (χ4v) is 2.59. The second-order valence-corrected chi connectivity index (χ2v) is 5.06. The number of halogens is 2. The summed E-state index contributed by atoms with van der Waals surface area (Å²) in [7, 11) is 0. The fraction of sp³-hybridized carbons (Fsp3) is 0.375. The Balaban J connectivity index is 2.32. The predicted octanol–water partition coefficient (Wildman–Crippen LogP) is 4.55. The summed E-state index contributed by atoms with van der Waals surface area (Å²) in [6.45, 7) is 5.39. The number of rotatable bonds is 5. The second kappa shape index (κ2) is 5.87. The summed E-state index contributed by atoms with van der Waals surface area (Å²) in [5.41, 5.74) is 1.55. The van der Waals surface area contributed by atoms with Crippen molar-refractivity contribution in [2.24, 2.45) is 0 Å². The molecule has 4 nitrogen and oxygen atoms in total. The normalized spacial score (nSPS) is 11.7. The molecule has 0 bridgehead atoms. The Hall–Kier alpha value is -2.24. The lowest BCUT2D eigenvalue weighted by Crippen LogP contribution is -2.25. The molecule has 116 valence electrons. The molecule has 0 fully saturated rings.